The molecule has 6 heteroatoms. The molecule has 0 aliphatic carbocycles. The average Bonchev–Trinajstić information content (AvgIpc) is 3.46. The van der Waals surface area contributed by atoms with Crippen LogP contribution in [0.15, 0.2) is 48.6 Å². The van der Waals surface area contributed by atoms with Crippen LogP contribution in [0.2, 0.25) is 0 Å². The number of carbonyl (C=O) groups excluding carboxylic acids is 3. The highest BCUT2D eigenvalue weighted by molar-refractivity contribution is 5.71. The largest absolute Gasteiger partial charge is 0.462 e. The molecule has 468 valence electrons. The van der Waals surface area contributed by atoms with Crippen molar-refractivity contribution >= 4 is 17.9 Å². The van der Waals surface area contributed by atoms with Gasteiger partial charge in [-0.05, 0) is 83.5 Å². The lowest BCUT2D eigenvalue weighted by molar-refractivity contribution is -0.167. The third kappa shape index (κ3) is 66.2. The summed E-state index contributed by atoms with van der Waals surface area (Å²) < 4.78 is 17.0. The van der Waals surface area contributed by atoms with Crippen LogP contribution in [-0.4, -0.2) is 37.2 Å². The third-order valence-corrected chi connectivity index (χ3v) is 16.1. The molecule has 0 heterocycles. The summed E-state index contributed by atoms with van der Waals surface area (Å²) in [6.07, 6.45) is 87.2. The van der Waals surface area contributed by atoms with E-state index in [0.717, 1.165) is 89.9 Å². The van der Waals surface area contributed by atoms with Gasteiger partial charge in [0.05, 0.1) is 0 Å². The number of allylic oxidation sites excluding steroid dienone is 8. The monoisotopic (exact) mass is 1120 g/mol. The molecule has 0 N–H and O–H groups in total. The van der Waals surface area contributed by atoms with Gasteiger partial charge in [0.2, 0.25) is 0 Å². The number of carbonyl (C=O) groups is 3. The van der Waals surface area contributed by atoms with Crippen LogP contribution in [0.3, 0.4) is 0 Å². The first-order valence-electron chi connectivity index (χ1n) is 35.6. The standard InChI is InChI=1S/C74H136O6/c1-4-7-10-13-16-19-22-25-28-30-31-32-33-34-35-36-37-38-39-40-41-42-44-46-49-52-55-58-61-64-67-73(76)79-70-71(69-78-72(75)66-63-60-57-54-51-48-45-27-24-21-18-15-12-9-6-3)80-74(77)68-65-62-59-56-53-50-47-43-29-26-23-20-17-14-11-8-5-2/h17-18,20-21,26-27,29,45,71H,4-16,19,22-25,28,30-44,46-70H2,1-3H3/b20-17-,21-18-,29-26-,45-27-. The summed E-state index contributed by atoms with van der Waals surface area (Å²) in [6, 6.07) is 0. The Hall–Kier alpha value is -2.63. The summed E-state index contributed by atoms with van der Waals surface area (Å²) in [5.41, 5.74) is 0. The van der Waals surface area contributed by atoms with E-state index in [1.165, 1.54) is 257 Å². The van der Waals surface area contributed by atoms with Crippen molar-refractivity contribution in [2.24, 2.45) is 0 Å². The normalized spacial score (nSPS) is 12.3. The molecular formula is C74H136O6. The van der Waals surface area contributed by atoms with Crippen LogP contribution in [0.1, 0.15) is 387 Å². The Labute approximate surface area is 498 Å². The van der Waals surface area contributed by atoms with Crippen molar-refractivity contribution in [3.8, 4) is 0 Å². The van der Waals surface area contributed by atoms with E-state index in [9.17, 15) is 14.4 Å². The summed E-state index contributed by atoms with van der Waals surface area (Å²) in [5, 5.41) is 0. The zero-order valence-corrected chi connectivity index (χ0v) is 53.9. The van der Waals surface area contributed by atoms with Gasteiger partial charge in [0.15, 0.2) is 6.10 Å². The molecule has 0 aliphatic heterocycles. The molecule has 0 aromatic heterocycles. The smallest absolute Gasteiger partial charge is 0.306 e. The summed E-state index contributed by atoms with van der Waals surface area (Å²) >= 11 is 0. The minimum absolute atomic E-state index is 0.0773. The lowest BCUT2D eigenvalue weighted by Gasteiger charge is -2.18. The highest BCUT2D eigenvalue weighted by atomic mass is 16.6. The molecule has 0 aliphatic rings. The zero-order chi connectivity index (χ0) is 57.8. The molecule has 0 spiro atoms. The number of hydrogen-bond acceptors (Lipinski definition) is 6. The van der Waals surface area contributed by atoms with E-state index in [0.29, 0.717) is 19.3 Å². The lowest BCUT2D eigenvalue weighted by Crippen LogP contribution is -2.30. The Kier molecular flexibility index (Phi) is 66.6. The van der Waals surface area contributed by atoms with Gasteiger partial charge < -0.3 is 14.2 Å². The first kappa shape index (κ1) is 77.4. The second-order valence-electron chi connectivity index (χ2n) is 24.1. The van der Waals surface area contributed by atoms with E-state index < -0.39 is 6.10 Å². The Morgan fingerprint density at radius 3 is 0.713 bits per heavy atom. The van der Waals surface area contributed by atoms with Crippen molar-refractivity contribution in [3.63, 3.8) is 0 Å². The highest BCUT2D eigenvalue weighted by Gasteiger charge is 2.19. The summed E-state index contributed by atoms with van der Waals surface area (Å²) in [5.74, 6) is -0.876. The van der Waals surface area contributed by atoms with Gasteiger partial charge in [-0.25, -0.2) is 0 Å². The number of ether oxygens (including phenoxy) is 3. The van der Waals surface area contributed by atoms with E-state index in [1.54, 1.807) is 0 Å². The van der Waals surface area contributed by atoms with Crippen LogP contribution in [0.25, 0.3) is 0 Å². The first-order valence-corrected chi connectivity index (χ1v) is 35.6. The third-order valence-electron chi connectivity index (χ3n) is 16.1. The van der Waals surface area contributed by atoms with Crippen molar-refractivity contribution < 1.29 is 28.6 Å². The minimum Gasteiger partial charge on any atom is -0.462 e. The van der Waals surface area contributed by atoms with Crippen molar-refractivity contribution in [1.29, 1.82) is 0 Å². The molecule has 0 fully saturated rings. The van der Waals surface area contributed by atoms with Gasteiger partial charge in [-0.15, -0.1) is 0 Å². The van der Waals surface area contributed by atoms with Gasteiger partial charge in [-0.1, -0.05) is 333 Å². The fourth-order valence-electron chi connectivity index (χ4n) is 10.7. The Balaban J connectivity index is 4.19. The van der Waals surface area contributed by atoms with Crippen LogP contribution in [-0.2, 0) is 28.6 Å². The first-order chi connectivity index (χ1) is 39.5. The van der Waals surface area contributed by atoms with Gasteiger partial charge in [0.1, 0.15) is 13.2 Å². The Morgan fingerprint density at radius 1 is 0.250 bits per heavy atom. The second-order valence-corrected chi connectivity index (χ2v) is 24.1. The van der Waals surface area contributed by atoms with Crippen molar-refractivity contribution in [3.05, 3.63) is 48.6 Å². The van der Waals surface area contributed by atoms with Gasteiger partial charge >= 0.3 is 17.9 Å². The molecular weight excluding hydrogens is 985 g/mol. The highest BCUT2D eigenvalue weighted by Crippen LogP contribution is 2.18. The van der Waals surface area contributed by atoms with Gasteiger partial charge in [0.25, 0.3) is 0 Å². The van der Waals surface area contributed by atoms with Gasteiger partial charge in [-0.3, -0.25) is 14.4 Å². The van der Waals surface area contributed by atoms with Crippen LogP contribution >= 0.6 is 0 Å². The number of esters is 3. The molecule has 0 saturated carbocycles. The van der Waals surface area contributed by atoms with Crippen LogP contribution < -0.4 is 0 Å². The van der Waals surface area contributed by atoms with Gasteiger partial charge in [-0.2, -0.15) is 0 Å². The molecule has 6 nitrogen and oxygen atoms in total. The van der Waals surface area contributed by atoms with Crippen LogP contribution in [0.5, 0.6) is 0 Å². The molecule has 80 heavy (non-hydrogen) atoms. The molecule has 1 unspecified atom stereocenters. The molecule has 0 aromatic carbocycles. The summed E-state index contributed by atoms with van der Waals surface area (Å²) in [7, 11) is 0. The quantitative estimate of drug-likeness (QED) is 0.0261. The molecule has 0 bridgehead atoms. The predicted octanol–water partition coefficient (Wildman–Crippen LogP) is 24.5. The SMILES string of the molecule is CCCCC/C=C\C/C=C\CCCCCCCCCC(=O)OC(COC(=O)CCCCCCC/C=C\C/C=C\CCCCC)COC(=O)CCCCCCCCCCCCCCCCCCCCCCCCCCCCCCCC. The number of hydrogen-bond donors (Lipinski definition) is 0. The average molecular weight is 1120 g/mol. The maximum atomic E-state index is 12.9. The summed E-state index contributed by atoms with van der Waals surface area (Å²) in [6.45, 7) is 6.63. The fourth-order valence-corrected chi connectivity index (χ4v) is 10.7. The zero-order valence-electron chi connectivity index (χ0n) is 53.9. The fraction of sp³-hybridized carbons (Fsp3) is 0.851. The Morgan fingerprint density at radius 2 is 0.450 bits per heavy atom. The lowest BCUT2D eigenvalue weighted by atomic mass is 10.0. The Bertz CT molecular complexity index is 1380. The van der Waals surface area contributed by atoms with Gasteiger partial charge in [0, 0.05) is 19.3 Å². The molecule has 0 saturated heterocycles. The predicted molar refractivity (Wildman–Crippen MR) is 349 cm³/mol. The number of rotatable bonds is 66. The van der Waals surface area contributed by atoms with E-state index in [2.05, 4.69) is 69.4 Å². The van der Waals surface area contributed by atoms with Crippen molar-refractivity contribution in [2.75, 3.05) is 13.2 Å². The minimum atomic E-state index is -0.783. The van der Waals surface area contributed by atoms with E-state index in [4.69, 9.17) is 14.2 Å². The van der Waals surface area contributed by atoms with Crippen LogP contribution in [0.4, 0.5) is 0 Å². The van der Waals surface area contributed by atoms with Crippen molar-refractivity contribution in [1.82, 2.24) is 0 Å². The summed E-state index contributed by atoms with van der Waals surface area (Å²) in [4.78, 5) is 38.4. The topological polar surface area (TPSA) is 78.9 Å². The molecule has 0 amide bonds. The van der Waals surface area contributed by atoms with E-state index >= 15 is 0 Å². The maximum absolute atomic E-state index is 12.9. The van der Waals surface area contributed by atoms with E-state index in [1.807, 2.05) is 0 Å². The number of unbranched alkanes of at least 4 members (excludes halogenated alkanes) is 47. The molecule has 1 atom stereocenters. The molecule has 0 aromatic rings. The van der Waals surface area contributed by atoms with Crippen LogP contribution in [0, 0.1) is 0 Å². The second kappa shape index (κ2) is 68.9. The van der Waals surface area contributed by atoms with Crippen molar-refractivity contribution in [2.45, 2.75) is 393 Å². The molecule has 0 rings (SSSR count). The van der Waals surface area contributed by atoms with E-state index in [-0.39, 0.29) is 31.1 Å². The molecule has 0 radical (unpaired) electrons. The maximum Gasteiger partial charge on any atom is 0.306 e.